The first-order chi connectivity index (χ1) is 13.3. The standard InChI is InChI=1S/C18H22F4N4OS/c1-3-12(27-14-8-6-5-7-13(14)19)9-24-17(23-4-2)25-10-16-26-15(11-28-16)18(20,21)22/h5-8,11-12H,3-4,9-10H2,1-2H3,(H2,23,24,25). The maximum absolute atomic E-state index is 13.7. The van der Waals surface area contributed by atoms with Crippen LogP contribution in [0.1, 0.15) is 31.0 Å². The molecule has 1 aromatic heterocycles. The first kappa shape index (κ1) is 21.9. The van der Waals surface area contributed by atoms with Crippen LogP contribution >= 0.6 is 11.3 Å². The molecule has 0 saturated heterocycles. The molecule has 1 aromatic carbocycles. The third-order valence-corrected chi connectivity index (χ3v) is 4.48. The van der Waals surface area contributed by atoms with Gasteiger partial charge in [0, 0.05) is 11.9 Å². The first-order valence-corrected chi connectivity index (χ1v) is 9.66. The van der Waals surface area contributed by atoms with Gasteiger partial charge in [-0.25, -0.2) is 14.4 Å². The molecule has 0 spiro atoms. The lowest BCUT2D eigenvalue weighted by Crippen LogP contribution is -2.42. The fraction of sp³-hybridized carbons (Fsp3) is 0.444. The molecule has 0 aliphatic rings. The van der Waals surface area contributed by atoms with Gasteiger partial charge in [0.15, 0.2) is 23.2 Å². The Hall–Kier alpha value is -2.36. The fourth-order valence-electron chi connectivity index (χ4n) is 2.20. The number of halogens is 4. The molecule has 0 fully saturated rings. The number of benzene rings is 1. The number of guanidine groups is 1. The second kappa shape index (κ2) is 10.3. The molecule has 2 rings (SSSR count). The Balaban J connectivity index is 1.96. The number of rotatable bonds is 8. The summed E-state index contributed by atoms with van der Waals surface area (Å²) in [6, 6.07) is 6.15. The minimum atomic E-state index is -4.46. The van der Waals surface area contributed by atoms with E-state index in [1.807, 2.05) is 13.8 Å². The predicted molar refractivity (Wildman–Crippen MR) is 101 cm³/mol. The van der Waals surface area contributed by atoms with Crippen molar-refractivity contribution in [1.29, 1.82) is 0 Å². The van der Waals surface area contributed by atoms with Gasteiger partial charge in [0.2, 0.25) is 0 Å². The predicted octanol–water partition coefficient (Wildman–Crippen LogP) is 4.21. The smallest absolute Gasteiger partial charge is 0.434 e. The van der Waals surface area contributed by atoms with Gasteiger partial charge in [-0.1, -0.05) is 19.1 Å². The Morgan fingerprint density at radius 2 is 2.00 bits per heavy atom. The number of hydrogen-bond donors (Lipinski definition) is 2. The highest BCUT2D eigenvalue weighted by molar-refractivity contribution is 7.09. The molecule has 1 heterocycles. The highest BCUT2D eigenvalue weighted by atomic mass is 32.1. The van der Waals surface area contributed by atoms with E-state index in [-0.39, 0.29) is 23.4 Å². The van der Waals surface area contributed by atoms with Crippen molar-refractivity contribution in [3.63, 3.8) is 0 Å². The van der Waals surface area contributed by atoms with Crippen LogP contribution in [0.5, 0.6) is 5.75 Å². The molecule has 154 valence electrons. The summed E-state index contributed by atoms with van der Waals surface area (Å²) in [6.45, 7) is 4.72. The van der Waals surface area contributed by atoms with E-state index in [1.54, 1.807) is 18.2 Å². The molecule has 10 heteroatoms. The monoisotopic (exact) mass is 418 g/mol. The van der Waals surface area contributed by atoms with Crippen molar-refractivity contribution in [3.05, 3.63) is 46.2 Å². The average Bonchev–Trinajstić information content (AvgIpc) is 3.14. The number of nitrogens with zero attached hydrogens (tertiary/aromatic N) is 2. The van der Waals surface area contributed by atoms with Crippen LogP contribution in [0.3, 0.4) is 0 Å². The van der Waals surface area contributed by atoms with Crippen LogP contribution in [0.15, 0.2) is 34.6 Å². The Morgan fingerprint density at radius 1 is 1.25 bits per heavy atom. The van der Waals surface area contributed by atoms with E-state index in [4.69, 9.17) is 4.74 Å². The Labute approximate surface area is 164 Å². The van der Waals surface area contributed by atoms with E-state index in [2.05, 4.69) is 20.6 Å². The topological polar surface area (TPSA) is 58.5 Å². The van der Waals surface area contributed by atoms with Gasteiger partial charge in [-0.15, -0.1) is 11.3 Å². The summed E-state index contributed by atoms with van der Waals surface area (Å²) in [7, 11) is 0. The van der Waals surface area contributed by atoms with E-state index < -0.39 is 17.7 Å². The quantitative estimate of drug-likeness (QED) is 0.383. The van der Waals surface area contributed by atoms with Crippen LogP contribution in [-0.2, 0) is 12.7 Å². The molecule has 0 bridgehead atoms. The third kappa shape index (κ3) is 6.66. The highest BCUT2D eigenvalue weighted by Crippen LogP contribution is 2.30. The van der Waals surface area contributed by atoms with E-state index >= 15 is 0 Å². The molecule has 0 aliphatic carbocycles. The number of aliphatic imine (C=N–C) groups is 1. The van der Waals surface area contributed by atoms with Gasteiger partial charge < -0.3 is 15.4 Å². The molecule has 5 nitrogen and oxygen atoms in total. The lowest BCUT2D eigenvalue weighted by molar-refractivity contribution is -0.140. The number of nitrogens with one attached hydrogen (secondary N) is 2. The molecule has 0 aliphatic heterocycles. The molecule has 2 aromatic rings. The average molecular weight is 418 g/mol. The number of thiazole rings is 1. The summed E-state index contributed by atoms with van der Waals surface area (Å²) in [5, 5.41) is 7.31. The van der Waals surface area contributed by atoms with E-state index in [1.165, 1.54) is 6.07 Å². The summed E-state index contributed by atoms with van der Waals surface area (Å²) >= 11 is 0.909. The zero-order valence-electron chi connectivity index (χ0n) is 15.5. The minimum Gasteiger partial charge on any atom is -0.486 e. The number of alkyl halides is 3. The van der Waals surface area contributed by atoms with Gasteiger partial charge in [0.1, 0.15) is 11.1 Å². The van der Waals surface area contributed by atoms with Crippen molar-refractivity contribution in [2.75, 3.05) is 13.1 Å². The molecular formula is C18H22F4N4OS. The van der Waals surface area contributed by atoms with Gasteiger partial charge >= 0.3 is 6.18 Å². The molecule has 2 N–H and O–H groups in total. The summed E-state index contributed by atoms with van der Waals surface area (Å²) in [5.41, 5.74) is -0.912. The summed E-state index contributed by atoms with van der Waals surface area (Å²) in [5.74, 6) is 0.146. The van der Waals surface area contributed by atoms with Crippen molar-refractivity contribution in [2.24, 2.45) is 4.99 Å². The zero-order chi connectivity index (χ0) is 20.6. The molecular weight excluding hydrogens is 396 g/mol. The second-order valence-electron chi connectivity index (χ2n) is 5.78. The van der Waals surface area contributed by atoms with Crippen LogP contribution in [0, 0.1) is 5.82 Å². The molecule has 0 radical (unpaired) electrons. The first-order valence-electron chi connectivity index (χ1n) is 8.78. The third-order valence-electron chi connectivity index (χ3n) is 3.64. The zero-order valence-corrected chi connectivity index (χ0v) is 16.3. The molecule has 0 saturated carbocycles. The molecule has 1 unspecified atom stereocenters. The van der Waals surface area contributed by atoms with Crippen LogP contribution in [0.2, 0.25) is 0 Å². The van der Waals surface area contributed by atoms with Crippen LogP contribution in [0.4, 0.5) is 17.6 Å². The Bertz CT molecular complexity index is 779. The lowest BCUT2D eigenvalue weighted by Gasteiger charge is -2.20. The van der Waals surface area contributed by atoms with Crippen LogP contribution < -0.4 is 15.4 Å². The van der Waals surface area contributed by atoms with Crippen LogP contribution in [0.25, 0.3) is 0 Å². The number of para-hydroxylation sites is 1. The second-order valence-corrected chi connectivity index (χ2v) is 6.72. The van der Waals surface area contributed by atoms with E-state index in [9.17, 15) is 17.6 Å². The summed E-state index contributed by atoms with van der Waals surface area (Å²) < 4.78 is 57.3. The fourth-order valence-corrected chi connectivity index (χ4v) is 2.93. The molecule has 0 amide bonds. The normalized spacial score (nSPS) is 13.3. The number of hydrogen-bond acceptors (Lipinski definition) is 4. The van der Waals surface area contributed by atoms with Crippen LogP contribution in [-0.4, -0.2) is 30.1 Å². The van der Waals surface area contributed by atoms with Crippen molar-refractivity contribution in [2.45, 2.75) is 39.1 Å². The van der Waals surface area contributed by atoms with Crippen molar-refractivity contribution in [1.82, 2.24) is 15.6 Å². The molecule has 28 heavy (non-hydrogen) atoms. The van der Waals surface area contributed by atoms with Gasteiger partial charge in [0.05, 0.1) is 13.1 Å². The summed E-state index contributed by atoms with van der Waals surface area (Å²) in [4.78, 5) is 7.81. The Kier molecular flexibility index (Phi) is 8.04. The summed E-state index contributed by atoms with van der Waals surface area (Å²) in [6.07, 6.45) is -4.14. The van der Waals surface area contributed by atoms with Gasteiger partial charge in [0.25, 0.3) is 0 Å². The highest BCUT2D eigenvalue weighted by Gasteiger charge is 2.33. The SMILES string of the molecule is CCNC(=NCc1nc(C(F)(F)F)cs1)NCC(CC)Oc1ccccc1F. The maximum Gasteiger partial charge on any atom is 0.434 e. The Morgan fingerprint density at radius 3 is 2.61 bits per heavy atom. The van der Waals surface area contributed by atoms with Gasteiger partial charge in [-0.05, 0) is 25.5 Å². The van der Waals surface area contributed by atoms with E-state index in [0.717, 1.165) is 16.7 Å². The lowest BCUT2D eigenvalue weighted by atomic mass is 10.2. The number of aromatic nitrogens is 1. The van der Waals surface area contributed by atoms with Crippen molar-refractivity contribution < 1.29 is 22.3 Å². The van der Waals surface area contributed by atoms with Crippen molar-refractivity contribution in [3.8, 4) is 5.75 Å². The molecule has 1 atom stereocenters. The maximum atomic E-state index is 13.7. The van der Waals surface area contributed by atoms with E-state index in [0.29, 0.717) is 25.5 Å². The van der Waals surface area contributed by atoms with Crippen molar-refractivity contribution >= 4 is 17.3 Å². The number of ether oxygens (including phenoxy) is 1. The largest absolute Gasteiger partial charge is 0.486 e. The minimum absolute atomic E-state index is 0.0149. The van der Waals surface area contributed by atoms with Gasteiger partial charge in [-0.3, -0.25) is 0 Å². The van der Waals surface area contributed by atoms with Gasteiger partial charge in [-0.2, -0.15) is 13.2 Å².